The molecule has 4 nitrogen and oxygen atoms in total. The van der Waals surface area contributed by atoms with Crippen LogP contribution in [-0.2, 0) is 4.79 Å². The van der Waals surface area contributed by atoms with Crippen molar-refractivity contribution in [2.24, 2.45) is 5.92 Å². The van der Waals surface area contributed by atoms with E-state index >= 15 is 0 Å². The highest BCUT2D eigenvalue weighted by Gasteiger charge is 2.29. The topological polar surface area (TPSA) is 50.4 Å². The highest BCUT2D eigenvalue weighted by molar-refractivity contribution is 5.80. The Labute approximate surface area is 113 Å². The third kappa shape index (κ3) is 3.07. The third-order valence-corrected chi connectivity index (χ3v) is 3.72. The second-order valence-corrected chi connectivity index (χ2v) is 5.25. The van der Waals surface area contributed by atoms with Crippen LogP contribution in [0.15, 0.2) is 24.3 Å². The van der Waals surface area contributed by atoms with Gasteiger partial charge in [0, 0.05) is 37.0 Å². The van der Waals surface area contributed by atoms with Crippen molar-refractivity contribution in [3.05, 3.63) is 29.8 Å². The number of carbonyl (C=O) groups excluding carboxylic acids is 1. The lowest BCUT2D eigenvalue weighted by molar-refractivity contribution is -0.122. The van der Waals surface area contributed by atoms with Crippen LogP contribution < -0.4 is 15.4 Å². The molecule has 1 aromatic rings. The first-order chi connectivity index (χ1) is 9.34. The summed E-state index contributed by atoms with van der Waals surface area (Å²) in [6, 6.07) is 8.49. The van der Waals surface area contributed by atoms with Crippen LogP contribution in [-0.4, -0.2) is 25.6 Å². The number of hydrogen-bond donors (Lipinski definition) is 2. The fourth-order valence-electron chi connectivity index (χ4n) is 2.48. The molecule has 1 aliphatic heterocycles. The minimum absolute atomic E-state index is 0.217. The van der Waals surface area contributed by atoms with Gasteiger partial charge in [0.1, 0.15) is 5.75 Å². The van der Waals surface area contributed by atoms with E-state index in [4.69, 9.17) is 4.74 Å². The summed E-state index contributed by atoms with van der Waals surface area (Å²) in [5.74, 6) is 1.49. The van der Waals surface area contributed by atoms with E-state index in [9.17, 15) is 4.79 Å². The number of hydrogen-bond acceptors (Lipinski definition) is 3. The zero-order valence-electron chi connectivity index (χ0n) is 11.0. The van der Waals surface area contributed by atoms with Crippen molar-refractivity contribution in [1.29, 1.82) is 0 Å². The number of nitrogens with one attached hydrogen (secondary N) is 2. The van der Waals surface area contributed by atoms with Gasteiger partial charge in [0.25, 0.3) is 0 Å². The van der Waals surface area contributed by atoms with Gasteiger partial charge in [-0.3, -0.25) is 4.79 Å². The monoisotopic (exact) mass is 260 g/mol. The summed E-state index contributed by atoms with van der Waals surface area (Å²) in [5, 5.41) is 6.47. The molecule has 0 saturated heterocycles. The van der Waals surface area contributed by atoms with Crippen molar-refractivity contribution in [3.8, 4) is 5.75 Å². The van der Waals surface area contributed by atoms with Crippen molar-refractivity contribution < 1.29 is 9.53 Å². The molecule has 2 N–H and O–H groups in total. The zero-order valence-corrected chi connectivity index (χ0v) is 11.0. The largest absolute Gasteiger partial charge is 0.493 e. The van der Waals surface area contributed by atoms with Crippen molar-refractivity contribution in [1.82, 2.24) is 10.6 Å². The summed E-state index contributed by atoms with van der Waals surface area (Å²) in [6.45, 7) is 2.26. The number of fused-ring (bicyclic) bond motifs is 1. The van der Waals surface area contributed by atoms with Crippen LogP contribution in [0, 0.1) is 5.92 Å². The van der Waals surface area contributed by atoms with Crippen molar-refractivity contribution in [2.75, 3.05) is 19.7 Å². The molecule has 2 aliphatic rings. The number of amides is 1. The van der Waals surface area contributed by atoms with Gasteiger partial charge in [-0.15, -0.1) is 0 Å². The van der Waals surface area contributed by atoms with Gasteiger partial charge in [-0.05, 0) is 18.9 Å². The molecule has 1 fully saturated rings. The first-order valence-electron chi connectivity index (χ1n) is 7.07. The van der Waals surface area contributed by atoms with Crippen LogP contribution in [0.1, 0.15) is 30.9 Å². The van der Waals surface area contributed by atoms with E-state index in [0.29, 0.717) is 18.5 Å². The van der Waals surface area contributed by atoms with Gasteiger partial charge in [-0.2, -0.15) is 0 Å². The van der Waals surface area contributed by atoms with E-state index in [-0.39, 0.29) is 5.91 Å². The van der Waals surface area contributed by atoms with Gasteiger partial charge in [0.15, 0.2) is 0 Å². The van der Waals surface area contributed by atoms with E-state index in [2.05, 4.69) is 16.7 Å². The molecule has 0 aromatic heterocycles. The Morgan fingerprint density at radius 2 is 2.05 bits per heavy atom. The molecular formula is C15H20N2O2. The molecule has 102 valence electrons. The fraction of sp³-hybridized carbons (Fsp3) is 0.533. The molecule has 1 saturated carbocycles. The highest BCUT2D eigenvalue weighted by Crippen LogP contribution is 2.31. The Kier molecular flexibility index (Phi) is 3.69. The van der Waals surface area contributed by atoms with Gasteiger partial charge in [0.05, 0.1) is 6.61 Å². The lowest BCUT2D eigenvalue weighted by Gasteiger charge is -2.26. The van der Waals surface area contributed by atoms with Gasteiger partial charge in [-0.1, -0.05) is 18.2 Å². The number of ether oxygens (including phenoxy) is 1. The molecule has 1 aromatic carbocycles. The maximum Gasteiger partial charge on any atom is 0.223 e. The lowest BCUT2D eigenvalue weighted by Crippen LogP contribution is -2.35. The molecular weight excluding hydrogens is 240 g/mol. The van der Waals surface area contributed by atoms with E-state index in [1.807, 2.05) is 18.2 Å². The predicted molar refractivity (Wildman–Crippen MR) is 73.0 cm³/mol. The number of carbonyl (C=O) groups is 1. The van der Waals surface area contributed by atoms with E-state index < -0.39 is 0 Å². The van der Waals surface area contributed by atoms with E-state index in [1.165, 1.54) is 5.56 Å². The van der Waals surface area contributed by atoms with Crippen LogP contribution in [0.25, 0.3) is 0 Å². The Bertz CT molecular complexity index is 457. The van der Waals surface area contributed by atoms with Crippen molar-refractivity contribution in [2.45, 2.75) is 25.3 Å². The third-order valence-electron chi connectivity index (χ3n) is 3.72. The summed E-state index contributed by atoms with van der Waals surface area (Å²) in [7, 11) is 0. The average Bonchev–Trinajstić information content (AvgIpc) is 3.28. The maximum atomic E-state index is 11.5. The molecule has 4 heteroatoms. The quantitative estimate of drug-likeness (QED) is 0.791. The second-order valence-electron chi connectivity index (χ2n) is 5.25. The van der Waals surface area contributed by atoms with Gasteiger partial charge < -0.3 is 15.4 Å². The Hall–Kier alpha value is -1.55. The average molecular weight is 260 g/mol. The van der Waals surface area contributed by atoms with Crippen LogP contribution in [0.5, 0.6) is 5.75 Å². The van der Waals surface area contributed by atoms with Gasteiger partial charge >= 0.3 is 0 Å². The first kappa shape index (κ1) is 12.5. The fourth-order valence-corrected chi connectivity index (χ4v) is 2.48. The predicted octanol–water partition coefficient (Wildman–Crippen LogP) is 1.63. The number of rotatable bonds is 5. The van der Waals surface area contributed by atoms with Crippen LogP contribution in [0.2, 0.25) is 0 Å². The first-order valence-corrected chi connectivity index (χ1v) is 7.07. The molecule has 0 radical (unpaired) electrons. The van der Waals surface area contributed by atoms with Crippen molar-refractivity contribution in [3.63, 3.8) is 0 Å². The maximum absolute atomic E-state index is 11.5. The zero-order chi connectivity index (χ0) is 13.1. The standard InChI is InChI=1S/C15H20N2O2/c18-15(11-5-6-11)17-9-8-16-13-7-10-19-14-4-2-1-3-12(13)14/h1-4,11,13,16H,5-10H2,(H,17,18). The molecule has 1 aliphatic carbocycles. The molecule has 0 spiro atoms. The van der Waals surface area contributed by atoms with E-state index in [0.717, 1.165) is 38.2 Å². The molecule has 1 heterocycles. The summed E-state index contributed by atoms with van der Waals surface area (Å²) >= 11 is 0. The molecule has 1 unspecified atom stereocenters. The Morgan fingerprint density at radius 3 is 2.89 bits per heavy atom. The molecule has 1 amide bonds. The van der Waals surface area contributed by atoms with Crippen LogP contribution in [0.3, 0.4) is 0 Å². The van der Waals surface area contributed by atoms with Gasteiger partial charge in [-0.25, -0.2) is 0 Å². The summed E-state index contributed by atoms with van der Waals surface area (Å²) < 4.78 is 5.63. The minimum atomic E-state index is 0.217. The Balaban J connectivity index is 1.46. The lowest BCUT2D eigenvalue weighted by atomic mass is 10.0. The minimum Gasteiger partial charge on any atom is -0.493 e. The molecule has 3 rings (SSSR count). The molecule has 0 bridgehead atoms. The SMILES string of the molecule is O=C(NCCNC1CCOc2ccccc21)C1CC1. The van der Waals surface area contributed by atoms with Crippen LogP contribution in [0.4, 0.5) is 0 Å². The van der Waals surface area contributed by atoms with Crippen LogP contribution >= 0.6 is 0 Å². The smallest absolute Gasteiger partial charge is 0.223 e. The summed E-state index contributed by atoms with van der Waals surface area (Å²) in [5.41, 5.74) is 1.22. The molecule has 19 heavy (non-hydrogen) atoms. The number of para-hydroxylation sites is 1. The van der Waals surface area contributed by atoms with Crippen molar-refractivity contribution >= 4 is 5.91 Å². The molecule has 1 atom stereocenters. The number of benzene rings is 1. The summed E-state index contributed by atoms with van der Waals surface area (Å²) in [6.07, 6.45) is 3.10. The normalized spacial score (nSPS) is 21.4. The summed E-state index contributed by atoms with van der Waals surface area (Å²) in [4.78, 5) is 11.5. The van der Waals surface area contributed by atoms with Gasteiger partial charge in [0.2, 0.25) is 5.91 Å². The Morgan fingerprint density at radius 1 is 1.21 bits per heavy atom. The van der Waals surface area contributed by atoms with E-state index in [1.54, 1.807) is 0 Å². The highest BCUT2D eigenvalue weighted by atomic mass is 16.5. The second kappa shape index (κ2) is 5.61.